The van der Waals surface area contributed by atoms with Gasteiger partial charge in [-0.2, -0.15) is 0 Å². The van der Waals surface area contributed by atoms with Gasteiger partial charge in [0.15, 0.2) is 0 Å². The maximum Gasteiger partial charge on any atom is 0.270 e. The van der Waals surface area contributed by atoms with E-state index in [0.717, 1.165) is 12.8 Å². The summed E-state index contributed by atoms with van der Waals surface area (Å²) < 4.78 is 33.3. The van der Waals surface area contributed by atoms with Crippen LogP contribution in [0.5, 0.6) is 5.75 Å². The van der Waals surface area contributed by atoms with Crippen molar-refractivity contribution < 1.29 is 18.3 Å². The van der Waals surface area contributed by atoms with Crippen LogP contribution in [0.25, 0.3) is 10.6 Å². The van der Waals surface area contributed by atoms with Crippen molar-refractivity contribution in [2.75, 3.05) is 6.54 Å². The Kier molecular flexibility index (Phi) is 5.34. The highest BCUT2D eigenvalue weighted by Gasteiger charge is 2.22. The molecule has 1 amide bonds. The van der Waals surface area contributed by atoms with Crippen molar-refractivity contribution in [2.45, 2.75) is 19.4 Å². The van der Waals surface area contributed by atoms with Crippen LogP contribution in [0, 0.1) is 17.6 Å². The molecule has 1 aliphatic rings. The zero-order valence-electron chi connectivity index (χ0n) is 15.0. The average Bonchev–Trinajstić information content (AvgIpc) is 3.39. The standard InChI is InChI=1S/C21H18F2N2O2S/c22-15-3-1-2-14(8-15)11-27-16-6-7-17(18(23)9-16)21-25-19(12-28-21)20(26)24-10-13-4-5-13/h1-3,6-9,12-13H,4-5,10-11H2,(H,24,26). The number of rotatable bonds is 7. The summed E-state index contributed by atoms with van der Waals surface area (Å²) in [5, 5.41) is 4.92. The SMILES string of the molecule is O=C(NCC1CC1)c1csc(-c2ccc(OCc3cccc(F)c3)cc2F)n1. The lowest BCUT2D eigenvalue weighted by atomic mass is 10.2. The topological polar surface area (TPSA) is 51.2 Å². The highest BCUT2D eigenvalue weighted by Crippen LogP contribution is 2.30. The molecule has 4 nitrogen and oxygen atoms in total. The predicted octanol–water partition coefficient (Wildman–Crippen LogP) is 4.81. The summed E-state index contributed by atoms with van der Waals surface area (Å²) in [7, 11) is 0. The van der Waals surface area contributed by atoms with Crippen LogP contribution in [0.4, 0.5) is 8.78 Å². The van der Waals surface area contributed by atoms with E-state index in [1.807, 2.05) is 0 Å². The fraction of sp³-hybridized carbons (Fsp3) is 0.238. The number of hydrogen-bond acceptors (Lipinski definition) is 4. The fourth-order valence-electron chi connectivity index (χ4n) is 2.70. The summed E-state index contributed by atoms with van der Waals surface area (Å²) in [4.78, 5) is 16.4. The third kappa shape index (κ3) is 4.54. The van der Waals surface area contributed by atoms with Gasteiger partial charge in [-0.25, -0.2) is 13.8 Å². The van der Waals surface area contributed by atoms with E-state index in [9.17, 15) is 13.6 Å². The second kappa shape index (κ2) is 8.06. The summed E-state index contributed by atoms with van der Waals surface area (Å²) in [6.45, 7) is 0.802. The maximum atomic E-state index is 14.5. The van der Waals surface area contributed by atoms with Crippen LogP contribution in [-0.2, 0) is 6.61 Å². The summed E-state index contributed by atoms with van der Waals surface area (Å²) in [6.07, 6.45) is 2.31. The molecular formula is C21H18F2N2O2S. The number of aromatic nitrogens is 1. The Morgan fingerprint density at radius 1 is 1.21 bits per heavy atom. The molecule has 144 valence electrons. The minimum Gasteiger partial charge on any atom is -0.489 e. The second-order valence-electron chi connectivity index (χ2n) is 6.75. The molecule has 1 aliphatic carbocycles. The van der Waals surface area contributed by atoms with E-state index in [-0.39, 0.29) is 18.3 Å². The molecule has 1 heterocycles. The Balaban J connectivity index is 1.42. The number of ether oxygens (including phenoxy) is 1. The molecule has 4 rings (SSSR count). The Labute approximate surface area is 165 Å². The van der Waals surface area contributed by atoms with E-state index in [0.29, 0.717) is 40.0 Å². The number of amides is 1. The molecule has 0 unspecified atom stereocenters. The summed E-state index contributed by atoms with van der Waals surface area (Å²) in [6, 6.07) is 10.5. The van der Waals surface area contributed by atoms with Crippen molar-refractivity contribution in [3.05, 3.63) is 70.7 Å². The minimum atomic E-state index is -0.490. The summed E-state index contributed by atoms with van der Waals surface area (Å²) in [5.74, 6) is -0.145. The zero-order chi connectivity index (χ0) is 19.5. The van der Waals surface area contributed by atoms with Crippen LogP contribution in [0.3, 0.4) is 0 Å². The van der Waals surface area contributed by atoms with E-state index in [1.165, 1.54) is 29.5 Å². The van der Waals surface area contributed by atoms with Crippen LogP contribution < -0.4 is 10.1 Å². The van der Waals surface area contributed by atoms with E-state index in [2.05, 4.69) is 10.3 Å². The first-order valence-corrected chi connectivity index (χ1v) is 9.87. The van der Waals surface area contributed by atoms with Gasteiger partial charge in [-0.05, 0) is 48.6 Å². The first-order chi connectivity index (χ1) is 13.6. The second-order valence-corrected chi connectivity index (χ2v) is 7.61. The van der Waals surface area contributed by atoms with Crippen LogP contribution in [-0.4, -0.2) is 17.4 Å². The van der Waals surface area contributed by atoms with Crippen molar-refractivity contribution in [3.8, 4) is 16.3 Å². The quantitative estimate of drug-likeness (QED) is 0.619. The van der Waals surface area contributed by atoms with Gasteiger partial charge in [-0.15, -0.1) is 11.3 Å². The van der Waals surface area contributed by atoms with E-state index in [1.54, 1.807) is 29.6 Å². The Morgan fingerprint density at radius 2 is 2.07 bits per heavy atom. The van der Waals surface area contributed by atoms with Crippen LogP contribution >= 0.6 is 11.3 Å². The van der Waals surface area contributed by atoms with E-state index in [4.69, 9.17) is 4.74 Å². The molecule has 0 saturated heterocycles. The predicted molar refractivity (Wildman–Crippen MR) is 103 cm³/mol. The number of hydrogen-bond donors (Lipinski definition) is 1. The van der Waals surface area contributed by atoms with E-state index >= 15 is 0 Å². The highest BCUT2D eigenvalue weighted by atomic mass is 32.1. The first kappa shape index (κ1) is 18.6. The van der Waals surface area contributed by atoms with Crippen molar-refractivity contribution in [1.29, 1.82) is 0 Å². The molecule has 7 heteroatoms. The number of carbonyl (C=O) groups is 1. The minimum absolute atomic E-state index is 0.138. The number of carbonyl (C=O) groups excluding carboxylic acids is 1. The molecule has 0 aliphatic heterocycles. The van der Waals surface area contributed by atoms with Gasteiger partial charge in [0.25, 0.3) is 5.91 Å². The molecule has 0 bridgehead atoms. The molecule has 1 aromatic heterocycles. The normalized spacial score (nSPS) is 13.4. The first-order valence-electron chi connectivity index (χ1n) is 8.99. The van der Waals surface area contributed by atoms with Gasteiger partial charge < -0.3 is 10.1 Å². The lowest BCUT2D eigenvalue weighted by Gasteiger charge is -2.08. The Bertz CT molecular complexity index is 1000. The Hall–Kier alpha value is -2.80. The van der Waals surface area contributed by atoms with Gasteiger partial charge in [0.2, 0.25) is 0 Å². The van der Waals surface area contributed by atoms with Gasteiger partial charge in [-0.3, -0.25) is 4.79 Å². The average molecular weight is 400 g/mol. The molecule has 0 spiro atoms. The smallest absolute Gasteiger partial charge is 0.270 e. The number of nitrogens with zero attached hydrogens (tertiary/aromatic N) is 1. The summed E-state index contributed by atoms with van der Waals surface area (Å²) in [5.41, 5.74) is 1.27. The molecular weight excluding hydrogens is 382 g/mol. The van der Waals surface area contributed by atoms with Gasteiger partial charge in [0.05, 0.1) is 0 Å². The largest absolute Gasteiger partial charge is 0.489 e. The van der Waals surface area contributed by atoms with Crippen LogP contribution in [0.2, 0.25) is 0 Å². The Morgan fingerprint density at radius 3 is 2.82 bits per heavy atom. The molecule has 2 aromatic carbocycles. The number of halogens is 2. The lowest BCUT2D eigenvalue weighted by Crippen LogP contribution is -2.25. The third-order valence-electron chi connectivity index (χ3n) is 4.45. The molecule has 0 atom stereocenters. The molecule has 3 aromatic rings. The monoisotopic (exact) mass is 400 g/mol. The van der Waals surface area contributed by atoms with Crippen molar-refractivity contribution >= 4 is 17.2 Å². The summed E-state index contributed by atoms with van der Waals surface area (Å²) >= 11 is 1.22. The van der Waals surface area contributed by atoms with Crippen LogP contribution in [0.1, 0.15) is 28.9 Å². The molecule has 0 radical (unpaired) electrons. The van der Waals surface area contributed by atoms with Crippen LogP contribution in [0.15, 0.2) is 47.8 Å². The van der Waals surface area contributed by atoms with Crippen molar-refractivity contribution in [2.24, 2.45) is 5.92 Å². The number of nitrogens with one attached hydrogen (secondary N) is 1. The third-order valence-corrected chi connectivity index (χ3v) is 5.33. The highest BCUT2D eigenvalue weighted by molar-refractivity contribution is 7.13. The van der Waals surface area contributed by atoms with Crippen molar-refractivity contribution in [3.63, 3.8) is 0 Å². The van der Waals surface area contributed by atoms with Gasteiger partial charge in [-0.1, -0.05) is 12.1 Å². The molecule has 1 N–H and O–H groups in total. The maximum absolute atomic E-state index is 14.5. The fourth-order valence-corrected chi connectivity index (χ4v) is 3.53. The molecule has 1 saturated carbocycles. The van der Waals surface area contributed by atoms with Gasteiger partial charge in [0.1, 0.15) is 34.7 Å². The zero-order valence-corrected chi connectivity index (χ0v) is 15.8. The molecule has 28 heavy (non-hydrogen) atoms. The van der Waals surface area contributed by atoms with Crippen molar-refractivity contribution in [1.82, 2.24) is 10.3 Å². The van der Waals surface area contributed by atoms with Gasteiger partial charge in [0, 0.05) is 23.6 Å². The van der Waals surface area contributed by atoms with E-state index < -0.39 is 5.82 Å². The number of thiazole rings is 1. The number of benzene rings is 2. The lowest BCUT2D eigenvalue weighted by molar-refractivity contribution is 0.0947. The molecule has 1 fully saturated rings. The van der Waals surface area contributed by atoms with Gasteiger partial charge >= 0.3 is 0 Å².